The van der Waals surface area contributed by atoms with Crippen molar-refractivity contribution in [3.63, 3.8) is 0 Å². The van der Waals surface area contributed by atoms with E-state index in [1.54, 1.807) is 11.8 Å². The van der Waals surface area contributed by atoms with Gasteiger partial charge in [-0.25, -0.2) is 4.68 Å². The number of H-pyrrole nitrogens is 1. The van der Waals surface area contributed by atoms with E-state index in [1.807, 2.05) is 48.9 Å². The van der Waals surface area contributed by atoms with E-state index in [4.69, 9.17) is 9.84 Å². The van der Waals surface area contributed by atoms with Crippen LogP contribution in [0.4, 0.5) is 0 Å². The summed E-state index contributed by atoms with van der Waals surface area (Å²) in [5.74, 6) is -0.286. The molecule has 2 aromatic heterocycles. The predicted molar refractivity (Wildman–Crippen MR) is 109 cm³/mol. The second-order valence-corrected chi connectivity index (χ2v) is 7.32. The Morgan fingerprint density at radius 3 is 2.69 bits per heavy atom. The first-order valence-electron chi connectivity index (χ1n) is 9.67. The van der Waals surface area contributed by atoms with Gasteiger partial charge in [-0.3, -0.25) is 9.59 Å². The van der Waals surface area contributed by atoms with Crippen molar-refractivity contribution in [2.45, 2.75) is 26.8 Å². The van der Waals surface area contributed by atoms with Crippen molar-refractivity contribution >= 4 is 5.91 Å². The zero-order valence-corrected chi connectivity index (χ0v) is 16.8. The fourth-order valence-corrected chi connectivity index (χ4v) is 3.94. The number of aromatic amines is 1. The molecule has 0 aliphatic carbocycles. The van der Waals surface area contributed by atoms with E-state index in [0.717, 1.165) is 28.3 Å². The van der Waals surface area contributed by atoms with E-state index < -0.39 is 0 Å². The topological polar surface area (TPSA) is 80.2 Å². The van der Waals surface area contributed by atoms with Gasteiger partial charge in [0.15, 0.2) is 5.43 Å². The van der Waals surface area contributed by atoms with Crippen LogP contribution in [0.25, 0.3) is 5.69 Å². The lowest BCUT2D eigenvalue weighted by Crippen LogP contribution is -2.45. The first-order valence-corrected chi connectivity index (χ1v) is 9.67. The van der Waals surface area contributed by atoms with Crippen LogP contribution in [0.5, 0.6) is 0 Å². The van der Waals surface area contributed by atoms with Crippen LogP contribution >= 0.6 is 0 Å². The largest absolute Gasteiger partial charge is 0.377 e. The highest BCUT2D eigenvalue weighted by Crippen LogP contribution is 2.31. The SMILES string of the molecule is Cc1cc(=O)c(C(=O)N2CCOCC2c2c(C)nn(-c3ccccc3)c2C)c[nH]1. The van der Waals surface area contributed by atoms with Crippen LogP contribution in [0.15, 0.2) is 47.4 Å². The number of benzene rings is 1. The number of pyridine rings is 1. The fraction of sp³-hybridized carbons (Fsp3) is 0.318. The molecular weight excluding hydrogens is 368 g/mol. The number of rotatable bonds is 3. The van der Waals surface area contributed by atoms with E-state index in [1.165, 1.54) is 12.3 Å². The molecule has 0 radical (unpaired) electrons. The summed E-state index contributed by atoms with van der Waals surface area (Å²) in [6.07, 6.45) is 1.50. The standard InChI is InChI=1S/C22H24N4O3/c1-14-11-20(27)18(12-23-14)22(28)25-9-10-29-13-19(25)21-15(2)24-26(16(21)3)17-7-5-4-6-8-17/h4-8,11-12,19H,9-10,13H2,1-3H3,(H,23,27). The molecule has 3 aromatic rings. The van der Waals surface area contributed by atoms with Crippen LogP contribution < -0.4 is 5.43 Å². The minimum absolute atomic E-state index is 0.147. The van der Waals surface area contributed by atoms with Crippen molar-refractivity contribution in [2.24, 2.45) is 0 Å². The maximum Gasteiger partial charge on any atom is 0.259 e. The molecule has 1 saturated heterocycles. The number of hydrogen-bond donors (Lipinski definition) is 1. The van der Waals surface area contributed by atoms with E-state index in [9.17, 15) is 9.59 Å². The normalized spacial score (nSPS) is 16.8. The molecule has 1 amide bonds. The van der Waals surface area contributed by atoms with Gasteiger partial charge in [-0.2, -0.15) is 5.10 Å². The monoisotopic (exact) mass is 392 g/mol. The zero-order valence-electron chi connectivity index (χ0n) is 16.8. The molecule has 1 aliphatic heterocycles. The van der Waals surface area contributed by atoms with Crippen molar-refractivity contribution < 1.29 is 9.53 Å². The Kier molecular flexibility index (Phi) is 5.07. The molecule has 1 fully saturated rings. The molecule has 1 N–H and O–H groups in total. The summed E-state index contributed by atoms with van der Waals surface area (Å²) in [6, 6.07) is 11.0. The summed E-state index contributed by atoms with van der Waals surface area (Å²) < 4.78 is 7.60. The summed E-state index contributed by atoms with van der Waals surface area (Å²) in [5, 5.41) is 4.71. The molecule has 1 atom stereocenters. The molecule has 7 nitrogen and oxygen atoms in total. The highest BCUT2D eigenvalue weighted by molar-refractivity contribution is 5.94. The van der Waals surface area contributed by atoms with Gasteiger partial charge in [-0.1, -0.05) is 18.2 Å². The quantitative estimate of drug-likeness (QED) is 0.743. The number of carbonyl (C=O) groups is 1. The lowest BCUT2D eigenvalue weighted by molar-refractivity contribution is -0.00312. The molecule has 1 aromatic carbocycles. The number of carbonyl (C=O) groups excluding carboxylic acids is 1. The summed E-state index contributed by atoms with van der Waals surface area (Å²) in [6.45, 7) is 6.97. The Bertz CT molecular complexity index is 1100. The molecule has 29 heavy (non-hydrogen) atoms. The van der Waals surface area contributed by atoms with E-state index in [0.29, 0.717) is 19.8 Å². The molecule has 0 spiro atoms. The van der Waals surface area contributed by atoms with Gasteiger partial charge in [-0.15, -0.1) is 0 Å². The van der Waals surface area contributed by atoms with Crippen LogP contribution in [0.1, 0.15) is 39.0 Å². The highest BCUT2D eigenvalue weighted by Gasteiger charge is 2.34. The van der Waals surface area contributed by atoms with Gasteiger partial charge in [0, 0.05) is 35.8 Å². The van der Waals surface area contributed by atoms with Gasteiger partial charge in [0.2, 0.25) is 0 Å². The minimum atomic E-state index is -0.297. The summed E-state index contributed by atoms with van der Waals surface area (Å²) in [4.78, 5) is 30.3. The Hall–Kier alpha value is -3.19. The molecule has 0 saturated carbocycles. The Balaban J connectivity index is 1.74. The Morgan fingerprint density at radius 2 is 1.97 bits per heavy atom. The van der Waals surface area contributed by atoms with Crippen LogP contribution in [-0.2, 0) is 4.74 Å². The summed E-state index contributed by atoms with van der Waals surface area (Å²) in [7, 11) is 0. The molecule has 3 heterocycles. The smallest absolute Gasteiger partial charge is 0.259 e. The first kappa shape index (κ1) is 19.1. The van der Waals surface area contributed by atoms with E-state index in [-0.39, 0.29) is 22.9 Å². The Morgan fingerprint density at radius 1 is 1.21 bits per heavy atom. The van der Waals surface area contributed by atoms with Gasteiger partial charge in [0.25, 0.3) is 5.91 Å². The van der Waals surface area contributed by atoms with Gasteiger partial charge in [0.05, 0.1) is 30.6 Å². The second-order valence-electron chi connectivity index (χ2n) is 7.32. The maximum absolute atomic E-state index is 13.2. The molecular formula is C22H24N4O3. The van der Waals surface area contributed by atoms with E-state index in [2.05, 4.69) is 4.98 Å². The number of nitrogens with zero attached hydrogens (tertiary/aromatic N) is 3. The molecule has 7 heteroatoms. The molecule has 4 rings (SSSR count). The number of para-hydroxylation sites is 1. The highest BCUT2D eigenvalue weighted by atomic mass is 16.5. The zero-order chi connectivity index (χ0) is 20.5. The summed E-state index contributed by atoms with van der Waals surface area (Å²) >= 11 is 0. The van der Waals surface area contributed by atoms with Crippen LogP contribution in [0, 0.1) is 20.8 Å². The van der Waals surface area contributed by atoms with Crippen molar-refractivity contribution in [1.29, 1.82) is 0 Å². The van der Waals surface area contributed by atoms with Crippen molar-refractivity contribution in [1.82, 2.24) is 19.7 Å². The number of aromatic nitrogens is 3. The van der Waals surface area contributed by atoms with Gasteiger partial charge >= 0.3 is 0 Å². The molecule has 0 bridgehead atoms. The number of nitrogens with one attached hydrogen (secondary N) is 1. The lowest BCUT2D eigenvalue weighted by atomic mass is 10.0. The number of ether oxygens (including phenoxy) is 1. The lowest BCUT2D eigenvalue weighted by Gasteiger charge is -2.36. The average molecular weight is 392 g/mol. The number of aryl methyl sites for hydroxylation is 2. The Labute approximate surface area is 168 Å². The van der Waals surface area contributed by atoms with Gasteiger partial charge in [0.1, 0.15) is 5.56 Å². The molecule has 150 valence electrons. The third kappa shape index (κ3) is 3.49. The van der Waals surface area contributed by atoms with Crippen LogP contribution in [0.2, 0.25) is 0 Å². The average Bonchev–Trinajstić information content (AvgIpc) is 3.02. The second kappa shape index (κ2) is 7.67. The third-order valence-corrected chi connectivity index (χ3v) is 5.36. The number of hydrogen-bond acceptors (Lipinski definition) is 4. The molecule has 1 aliphatic rings. The number of amides is 1. The van der Waals surface area contributed by atoms with Gasteiger partial charge in [-0.05, 0) is 32.9 Å². The van der Waals surface area contributed by atoms with Crippen LogP contribution in [-0.4, -0.2) is 45.3 Å². The van der Waals surface area contributed by atoms with Crippen molar-refractivity contribution in [3.05, 3.63) is 81.0 Å². The van der Waals surface area contributed by atoms with Gasteiger partial charge < -0.3 is 14.6 Å². The fourth-order valence-electron chi connectivity index (χ4n) is 3.94. The third-order valence-electron chi connectivity index (χ3n) is 5.36. The van der Waals surface area contributed by atoms with Crippen LogP contribution in [0.3, 0.4) is 0 Å². The predicted octanol–water partition coefficient (Wildman–Crippen LogP) is 2.70. The molecule has 1 unspecified atom stereocenters. The minimum Gasteiger partial charge on any atom is -0.377 e. The summed E-state index contributed by atoms with van der Waals surface area (Å²) in [5.41, 5.74) is 4.32. The van der Waals surface area contributed by atoms with Crippen molar-refractivity contribution in [2.75, 3.05) is 19.8 Å². The van der Waals surface area contributed by atoms with E-state index >= 15 is 0 Å². The van der Waals surface area contributed by atoms with Crippen molar-refractivity contribution in [3.8, 4) is 5.69 Å². The first-order chi connectivity index (χ1) is 14.0. The maximum atomic E-state index is 13.2. The number of morpholine rings is 1.